The molecule has 1 aliphatic carbocycles. The average Bonchev–Trinajstić information content (AvgIpc) is 2.95. The Balaban J connectivity index is 1.46. The molecule has 2 aliphatic rings. The third-order valence-corrected chi connectivity index (χ3v) is 5.29. The summed E-state index contributed by atoms with van der Waals surface area (Å²) in [5, 5.41) is 11.2. The van der Waals surface area contributed by atoms with Crippen LogP contribution in [0, 0.1) is 23.7 Å². The fourth-order valence-corrected chi connectivity index (χ4v) is 4.02. The molecule has 2 fully saturated rings. The standard InChI is InChI=1S/C20H26N4O/c1-13(2)8-16-9-14(23-24(16)15-6-4-3-5-7-15)10-22-20(25)19-17-11-21-12-18(17)19/h3-7,9,13,17-19,21H,8,10-12H2,1-2H3,(H,22,25). The van der Waals surface area contributed by atoms with Crippen LogP contribution in [0.2, 0.25) is 0 Å². The van der Waals surface area contributed by atoms with Gasteiger partial charge in [0.25, 0.3) is 0 Å². The van der Waals surface area contributed by atoms with Crippen LogP contribution < -0.4 is 10.6 Å². The van der Waals surface area contributed by atoms with E-state index < -0.39 is 0 Å². The number of rotatable bonds is 6. The molecular weight excluding hydrogens is 312 g/mol. The minimum Gasteiger partial charge on any atom is -0.350 e. The van der Waals surface area contributed by atoms with Crippen molar-refractivity contribution in [2.24, 2.45) is 23.7 Å². The Hall–Kier alpha value is -2.14. The number of carbonyl (C=O) groups is 1. The maximum atomic E-state index is 12.4. The van der Waals surface area contributed by atoms with Crippen LogP contribution in [0.3, 0.4) is 0 Å². The van der Waals surface area contributed by atoms with Gasteiger partial charge in [0.1, 0.15) is 0 Å². The molecule has 0 radical (unpaired) electrons. The van der Waals surface area contributed by atoms with Crippen molar-refractivity contribution >= 4 is 5.91 Å². The maximum absolute atomic E-state index is 12.4. The van der Waals surface area contributed by atoms with Crippen LogP contribution in [-0.4, -0.2) is 28.8 Å². The number of para-hydroxylation sites is 1. The highest BCUT2D eigenvalue weighted by Gasteiger charge is 2.56. The lowest BCUT2D eigenvalue weighted by Crippen LogP contribution is -2.29. The van der Waals surface area contributed by atoms with Gasteiger partial charge in [-0.2, -0.15) is 5.10 Å². The van der Waals surface area contributed by atoms with E-state index in [2.05, 4.69) is 42.7 Å². The second-order valence-corrected chi connectivity index (χ2v) is 7.70. The number of nitrogens with one attached hydrogen (secondary N) is 2. The van der Waals surface area contributed by atoms with Crippen LogP contribution in [0.1, 0.15) is 25.2 Å². The second-order valence-electron chi connectivity index (χ2n) is 7.70. The second kappa shape index (κ2) is 6.64. The molecule has 1 saturated carbocycles. The van der Waals surface area contributed by atoms with Gasteiger partial charge in [-0.1, -0.05) is 32.0 Å². The van der Waals surface area contributed by atoms with E-state index in [0.717, 1.165) is 30.9 Å². The summed E-state index contributed by atoms with van der Waals surface area (Å²) in [7, 11) is 0. The van der Waals surface area contributed by atoms with Crippen molar-refractivity contribution in [1.82, 2.24) is 20.4 Å². The zero-order chi connectivity index (χ0) is 17.4. The van der Waals surface area contributed by atoms with Crippen molar-refractivity contribution in [3.8, 4) is 5.69 Å². The van der Waals surface area contributed by atoms with Crippen molar-refractivity contribution < 1.29 is 4.79 Å². The highest BCUT2D eigenvalue weighted by Crippen LogP contribution is 2.48. The van der Waals surface area contributed by atoms with E-state index in [-0.39, 0.29) is 11.8 Å². The summed E-state index contributed by atoms with van der Waals surface area (Å²) in [4.78, 5) is 12.4. The van der Waals surface area contributed by atoms with Crippen molar-refractivity contribution in [1.29, 1.82) is 0 Å². The van der Waals surface area contributed by atoms with Gasteiger partial charge in [-0.05, 0) is 55.5 Å². The van der Waals surface area contributed by atoms with Crippen LogP contribution in [0.15, 0.2) is 36.4 Å². The Morgan fingerprint density at radius 3 is 2.68 bits per heavy atom. The van der Waals surface area contributed by atoms with E-state index in [0.29, 0.717) is 24.3 Å². The van der Waals surface area contributed by atoms with E-state index in [1.165, 1.54) is 5.69 Å². The molecule has 2 N–H and O–H groups in total. The first-order valence-electron chi connectivity index (χ1n) is 9.25. The lowest BCUT2D eigenvalue weighted by molar-refractivity contribution is -0.123. The quantitative estimate of drug-likeness (QED) is 0.848. The number of hydrogen-bond donors (Lipinski definition) is 2. The number of hydrogen-bond acceptors (Lipinski definition) is 3. The smallest absolute Gasteiger partial charge is 0.224 e. The van der Waals surface area contributed by atoms with Gasteiger partial charge in [0.05, 0.1) is 17.9 Å². The van der Waals surface area contributed by atoms with Gasteiger partial charge in [0, 0.05) is 11.6 Å². The summed E-state index contributed by atoms with van der Waals surface area (Å²) in [6.07, 6.45) is 0.967. The van der Waals surface area contributed by atoms with Gasteiger partial charge < -0.3 is 10.6 Å². The molecule has 0 spiro atoms. The maximum Gasteiger partial charge on any atom is 0.224 e. The van der Waals surface area contributed by atoms with Crippen molar-refractivity contribution in [3.05, 3.63) is 47.8 Å². The van der Waals surface area contributed by atoms with E-state index in [9.17, 15) is 4.79 Å². The molecule has 1 amide bonds. The molecule has 2 heterocycles. The number of amides is 1. The highest BCUT2D eigenvalue weighted by molar-refractivity contribution is 5.82. The van der Waals surface area contributed by atoms with Crippen LogP contribution in [0.25, 0.3) is 5.69 Å². The topological polar surface area (TPSA) is 59.0 Å². The van der Waals surface area contributed by atoms with Gasteiger partial charge >= 0.3 is 0 Å². The van der Waals surface area contributed by atoms with Gasteiger partial charge in [-0.15, -0.1) is 0 Å². The molecule has 2 atom stereocenters. The summed E-state index contributed by atoms with van der Waals surface area (Å²) < 4.78 is 2.01. The van der Waals surface area contributed by atoms with Gasteiger partial charge in [-0.25, -0.2) is 4.68 Å². The van der Waals surface area contributed by atoms with E-state index in [4.69, 9.17) is 5.10 Å². The summed E-state index contributed by atoms with van der Waals surface area (Å²) in [5.41, 5.74) is 3.19. The number of fused-ring (bicyclic) bond motifs is 1. The molecule has 0 bridgehead atoms. The molecule has 1 aromatic heterocycles. The molecule has 25 heavy (non-hydrogen) atoms. The predicted octanol–water partition coefficient (Wildman–Crippen LogP) is 2.15. The Bertz CT molecular complexity index is 742. The van der Waals surface area contributed by atoms with E-state index in [1.807, 2.05) is 22.9 Å². The zero-order valence-electron chi connectivity index (χ0n) is 14.9. The molecule has 5 heteroatoms. The summed E-state index contributed by atoms with van der Waals surface area (Å²) in [5.74, 6) is 2.07. The summed E-state index contributed by atoms with van der Waals surface area (Å²) in [6, 6.07) is 12.3. The normalized spacial score (nSPS) is 24.4. The van der Waals surface area contributed by atoms with Crippen LogP contribution in [-0.2, 0) is 17.8 Å². The lowest BCUT2D eigenvalue weighted by atomic mass is 10.1. The van der Waals surface area contributed by atoms with Crippen molar-refractivity contribution in [3.63, 3.8) is 0 Å². The minimum atomic E-state index is 0.191. The monoisotopic (exact) mass is 338 g/mol. The molecular formula is C20H26N4O. The first kappa shape index (κ1) is 16.3. The van der Waals surface area contributed by atoms with Gasteiger partial charge in [0.15, 0.2) is 0 Å². The summed E-state index contributed by atoms with van der Waals surface area (Å²) in [6.45, 7) is 6.91. The number of benzene rings is 1. The predicted molar refractivity (Wildman–Crippen MR) is 97.3 cm³/mol. The van der Waals surface area contributed by atoms with Crippen molar-refractivity contribution in [2.75, 3.05) is 13.1 Å². The van der Waals surface area contributed by atoms with Crippen LogP contribution in [0.5, 0.6) is 0 Å². The SMILES string of the molecule is CC(C)Cc1cc(CNC(=O)C2C3CNCC32)nn1-c1ccccc1. The van der Waals surface area contributed by atoms with Crippen LogP contribution in [0.4, 0.5) is 0 Å². The number of piperidine rings is 1. The molecule has 5 nitrogen and oxygen atoms in total. The average molecular weight is 338 g/mol. The Kier molecular flexibility index (Phi) is 4.34. The van der Waals surface area contributed by atoms with E-state index in [1.54, 1.807) is 0 Å². The highest BCUT2D eigenvalue weighted by atomic mass is 16.2. The van der Waals surface area contributed by atoms with Gasteiger partial charge in [-0.3, -0.25) is 4.79 Å². The lowest BCUT2D eigenvalue weighted by Gasteiger charge is -2.09. The van der Waals surface area contributed by atoms with Gasteiger partial charge in [0.2, 0.25) is 5.91 Å². The Morgan fingerprint density at radius 2 is 2.00 bits per heavy atom. The number of nitrogens with zero attached hydrogens (tertiary/aromatic N) is 2. The molecule has 4 rings (SSSR count). The molecule has 1 aliphatic heterocycles. The van der Waals surface area contributed by atoms with Crippen LogP contribution >= 0.6 is 0 Å². The van der Waals surface area contributed by atoms with E-state index >= 15 is 0 Å². The Labute approximate surface area is 148 Å². The Morgan fingerprint density at radius 1 is 1.28 bits per heavy atom. The number of aromatic nitrogens is 2. The third-order valence-electron chi connectivity index (χ3n) is 5.29. The third kappa shape index (κ3) is 3.33. The van der Waals surface area contributed by atoms with Crippen molar-refractivity contribution in [2.45, 2.75) is 26.8 Å². The molecule has 1 aromatic carbocycles. The minimum absolute atomic E-state index is 0.191. The summed E-state index contributed by atoms with van der Waals surface area (Å²) >= 11 is 0. The molecule has 2 unspecified atom stereocenters. The molecule has 1 saturated heterocycles. The number of carbonyl (C=O) groups excluding carboxylic acids is 1. The fourth-order valence-electron chi connectivity index (χ4n) is 4.02. The first-order chi connectivity index (χ1) is 12.1. The first-order valence-corrected chi connectivity index (χ1v) is 9.25. The largest absolute Gasteiger partial charge is 0.350 e. The zero-order valence-corrected chi connectivity index (χ0v) is 14.9. The fraction of sp³-hybridized carbons (Fsp3) is 0.500. The molecule has 132 valence electrons. The molecule has 2 aromatic rings.